The van der Waals surface area contributed by atoms with Crippen molar-refractivity contribution in [3.63, 3.8) is 0 Å². The molecule has 0 unspecified atom stereocenters. The lowest BCUT2D eigenvalue weighted by molar-refractivity contribution is -0.386. The average Bonchev–Trinajstić information content (AvgIpc) is 2.62. The van der Waals surface area contributed by atoms with Gasteiger partial charge in [-0.2, -0.15) is 5.10 Å². The van der Waals surface area contributed by atoms with Crippen molar-refractivity contribution in [1.29, 1.82) is 0 Å². The van der Waals surface area contributed by atoms with Crippen molar-refractivity contribution in [2.24, 2.45) is 7.05 Å². The van der Waals surface area contributed by atoms with Gasteiger partial charge < -0.3 is 4.74 Å². The van der Waals surface area contributed by atoms with Crippen LogP contribution >= 0.6 is 39.1 Å². The fraction of sp³-hybridized carbons (Fsp3) is 0.250. The van der Waals surface area contributed by atoms with E-state index < -0.39 is 4.92 Å². The largest absolute Gasteiger partial charge is 0.481 e. The summed E-state index contributed by atoms with van der Waals surface area (Å²) in [5, 5.41) is 15.9. The smallest absolute Gasteiger partial charge is 0.313 e. The third kappa shape index (κ3) is 3.30. The van der Waals surface area contributed by atoms with Crippen LogP contribution < -0.4 is 4.74 Å². The zero-order valence-electron chi connectivity index (χ0n) is 11.1. The molecule has 1 aromatic heterocycles. The molecule has 1 heterocycles. The number of ether oxygens (including phenoxy) is 1. The monoisotopic (exact) mass is 393 g/mol. The molecule has 0 bridgehead atoms. The highest BCUT2D eigenvalue weighted by atomic mass is 79.9. The van der Waals surface area contributed by atoms with E-state index >= 15 is 0 Å². The first-order valence-corrected chi connectivity index (χ1v) is 7.30. The number of benzene rings is 1. The molecule has 0 saturated carbocycles. The zero-order chi connectivity index (χ0) is 15.7. The summed E-state index contributed by atoms with van der Waals surface area (Å²) in [7, 11) is 1.71. The predicted octanol–water partition coefficient (Wildman–Crippen LogP) is 4.29. The number of nitro benzene ring substituents is 1. The minimum atomic E-state index is -0.552. The van der Waals surface area contributed by atoms with Crippen LogP contribution in [0.4, 0.5) is 5.69 Å². The summed E-state index contributed by atoms with van der Waals surface area (Å²) in [6, 6.07) is 2.76. The standard InChI is InChI=1S/C12H10BrCl2N3O3/c1-6-8(12(15)17(2)16-6)5-21-11-9(13)3-7(14)4-10(11)18(19)20/h3-4H,5H2,1-2H3. The second-order valence-electron chi connectivity index (χ2n) is 4.26. The molecule has 0 radical (unpaired) electrons. The highest BCUT2D eigenvalue weighted by Crippen LogP contribution is 2.38. The Balaban J connectivity index is 2.34. The molecule has 0 amide bonds. The molecule has 9 heteroatoms. The summed E-state index contributed by atoms with van der Waals surface area (Å²) in [6.45, 7) is 1.86. The number of aromatic nitrogens is 2. The normalized spacial score (nSPS) is 10.7. The molecule has 0 aliphatic heterocycles. The van der Waals surface area contributed by atoms with Gasteiger partial charge in [-0.1, -0.05) is 23.2 Å². The lowest BCUT2D eigenvalue weighted by Crippen LogP contribution is -2.01. The van der Waals surface area contributed by atoms with E-state index in [1.165, 1.54) is 16.8 Å². The van der Waals surface area contributed by atoms with E-state index in [9.17, 15) is 10.1 Å². The van der Waals surface area contributed by atoms with Gasteiger partial charge in [-0.3, -0.25) is 14.8 Å². The van der Waals surface area contributed by atoms with Gasteiger partial charge in [0, 0.05) is 23.7 Å². The van der Waals surface area contributed by atoms with Crippen LogP contribution in [0.3, 0.4) is 0 Å². The second-order valence-corrected chi connectivity index (χ2v) is 5.91. The van der Waals surface area contributed by atoms with E-state index in [0.29, 0.717) is 20.9 Å². The van der Waals surface area contributed by atoms with Crippen LogP contribution in [0, 0.1) is 17.0 Å². The molecule has 2 aromatic rings. The van der Waals surface area contributed by atoms with Crippen molar-refractivity contribution in [1.82, 2.24) is 9.78 Å². The quantitative estimate of drug-likeness (QED) is 0.573. The SMILES string of the molecule is Cc1nn(C)c(Cl)c1COc1c(Br)cc(Cl)cc1[N+](=O)[O-]. The maximum absolute atomic E-state index is 11.1. The summed E-state index contributed by atoms with van der Waals surface area (Å²) in [5.41, 5.74) is 1.16. The van der Waals surface area contributed by atoms with Crippen molar-refractivity contribution < 1.29 is 9.66 Å². The van der Waals surface area contributed by atoms with Gasteiger partial charge in [-0.05, 0) is 28.9 Å². The van der Waals surface area contributed by atoms with Gasteiger partial charge >= 0.3 is 5.69 Å². The lowest BCUT2D eigenvalue weighted by Gasteiger charge is -2.09. The number of nitrogens with zero attached hydrogens (tertiary/aromatic N) is 3. The Labute approximate surface area is 138 Å². The molecule has 0 aliphatic carbocycles. The Kier molecular flexibility index (Phi) is 4.75. The van der Waals surface area contributed by atoms with E-state index in [-0.39, 0.29) is 23.1 Å². The Bertz CT molecular complexity index is 718. The van der Waals surface area contributed by atoms with Crippen LogP contribution in [-0.4, -0.2) is 14.7 Å². The Morgan fingerprint density at radius 2 is 2.14 bits per heavy atom. The summed E-state index contributed by atoms with van der Waals surface area (Å²) in [5.74, 6) is 0.101. The Morgan fingerprint density at radius 3 is 2.67 bits per heavy atom. The third-order valence-electron chi connectivity index (χ3n) is 2.82. The van der Waals surface area contributed by atoms with Gasteiger partial charge in [-0.15, -0.1) is 0 Å². The van der Waals surface area contributed by atoms with Gasteiger partial charge in [-0.25, -0.2) is 0 Å². The summed E-state index contributed by atoms with van der Waals surface area (Å²) < 4.78 is 7.48. The number of hydrogen-bond donors (Lipinski definition) is 0. The number of nitro groups is 1. The fourth-order valence-electron chi connectivity index (χ4n) is 1.81. The Morgan fingerprint density at radius 1 is 1.48 bits per heavy atom. The molecule has 112 valence electrons. The summed E-state index contributed by atoms with van der Waals surface area (Å²) >= 11 is 15.1. The van der Waals surface area contributed by atoms with Crippen LogP contribution in [0.25, 0.3) is 0 Å². The van der Waals surface area contributed by atoms with Crippen molar-refractivity contribution in [2.45, 2.75) is 13.5 Å². The van der Waals surface area contributed by atoms with Crippen molar-refractivity contribution in [3.05, 3.63) is 48.2 Å². The molecule has 2 rings (SSSR count). The first-order chi connectivity index (χ1) is 9.81. The minimum Gasteiger partial charge on any atom is -0.481 e. The molecule has 21 heavy (non-hydrogen) atoms. The second kappa shape index (κ2) is 6.21. The molecule has 0 atom stereocenters. The van der Waals surface area contributed by atoms with Crippen molar-refractivity contribution in [2.75, 3.05) is 0 Å². The summed E-state index contributed by atoms with van der Waals surface area (Å²) in [6.07, 6.45) is 0. The number of hydrogen-bond acceptors (Lipinski definition) is 4. The van der Waals surface area contributed by atoms with Gasteiger partial charge in [0.15, 0.2) is 0 Å². The molecule has 0 N–H and O–H groups in total. The van der Waals surface area contributed by atoms with Crippen molar-refractivity contribution >= 4 is 44.8 Å². The minimum absolute atomic E-state index is 0.0690. The number of rotatable bonds is 4. The summed E-state index contributed by atoms with van der Waals surface area (Å²) in [4.78, 5) is 10.5. The van der Waals surface area contributed by atoms with Gasteiger partial charge in [0.25, 0.3) is 0 Å². The van der Waals surface area contributed by atoms with Crippen LogP contribution in [0.2, 0.25) is 10.2 Å². The van der Waals surface area contributed by atoms with Crippen molar-refractivity contribution in [3.8, 4) is 5.75 Å². The maximum atomic E-state index is 11.1. The van der Waals surface area contributed by atoms with E-state index in [2.05, 4.69) is 21.0 Å². The maximum Gasteiger partial charge on any atom is 0.313 e. The van der Waals surface area contributed by atoms with Crippen LogP contribution in [0.5, 0.6) is 5.75 Å². The molecule has 0 spiro atoms. The topological polar surface area (TPSA) is 70.2 Å². The highest BCUT2D eigenvalue weighted by Gasteiger charge is 2.21. The predicted molar refractivity (Wildman–Crippen MR) is 83.1 cm³/mol. The molecule has 0 fully saturated rings. The van der Waals surface area contributed by atoms with Crippen LogP contribution in [-0.2, 0) is 13.7 Å². The lowest BCUT2D eigenvalue weighted by atomic mass is 10.2. The number of halogens is 3. The van der Waals surface area contributed by atoms with Gasteiger partial charge in [0.05, 0.1) is 15.1 Å². The molecular weight excluding hydrogens is 385 g/mol. The fourth-order valence-corrected chi connectivity index (χ4v) is 2.95. The van der Waals surface area contributed by atoms with Gasteiger partial charge in [0.2, 0.25) is 5.75 Å². The van der Waals surface area contributed by atoms with Crippen LogP contribution in [0.15, 0.2) is 16.6 Å². The molecular formula is C12H10BrCl2N3O3. The molecule has 0 aliphatic rings. The van der Waals surface area contributed by atoms with Gasteiger partial charge in [0.1, 0.15) is 11.8 Å². The number of aryl methyl sites for hydroxylation is 2. The van der Waals surface area contributed by atoms with Crippen LogP contribution in [0.1, 0.15) is 11.3 Å². The highest BCUT2D eigenvalue weighted by molar-refractivity contribution is 9.10. The van der Waals surface area contributed by atoms with E-state index in [1.807, 2.05) is 0 Å². The average molecular weight is 395 g/mol. The first-order valence-electron chi connectivity index (χ1n) is 5.75. The Hall–Kier alpha value is -1.31. The first kappa shape index (κ1) is 16.1. The van der Waals surface area contributed by atoms with E-state index in [0.717, 1.165) is 0 Å². The third-order valence-corrected chi connectivity index (χ3v) is 4.10. The van der Waals surface area contributed by atoms with E-state index in [4.69, 9.17) is 27.9 Å². The molecule has 1 aromatic carbocycles. The molecule has 0 saturated heterocycles. The zero-order valence-corrected chi connectivity index (χ0v) is 14.2. The molecule has 6 nitrogen and oxygen atoms in total. The van der Waals surface area contributed by atoms with E-state index in [1.54, 1.807) is 14.0 Å².